The number of nitrogens with two attached hydrogens (primary N) is 1. The zero-order valence-corrected chi connectivity index (χ0v) is 30.6. The van der Waals surface area contributed by atoms with E-state index in [2.05, 4.69) is 36.0 Å². The molecular weight excluding hydrogens is 763 g/mol. The molecule has 0 aliphatic carbocycles. The number of piperazine rings is 1. The summed E-state index contributed by atoms with van der Waals surface area (Å²) in [5, 5.41) is 19.6. The number of anilines is 1. The third kappa shape index (κ3) is 10.4. The fraction of sp³-hybridized carbons (Fsp3) is 0.371. The van der Waals surface area contributed by atoms with Gasteiger partial charge in [0.25, 0.3) is 18.3 Å². The molecule has 4 amide bonds. The van der Waals surface area contributed by atoms with Gasteiger partial charge in [-0.25, -0.2) is 14.6 Å². The number of hydrogen-bond acceptors (Lipinski definition) is 10. The Kier molecular flexibility index (Phi) is 13.6. The summed E-state index contributed by atoms with van der Waals surface area (Å²) in [6.07, 6.45) is 0.495. The van der Waals surface area contributed by atoms with Gasteiger partial charge in [-0.2, -0.15) is 18.3 Å². The van der Waals surface area contributed by atoms with Gasteiger partial charge in [-0.05, 0) is 55.8 Å². The second-order valence-corrected chi connectivity index (χ2v) is 13.2. The summed E-state index contributed by atoms with van der Waals surface area (Å²) in [5.41, 5.74) is 4.86. The number of piperidine rings is 1. The maximum Gasteiger partial charge on any atom is 0.435 e. The van der Waals surface area contributed by atoms with Crippen molar-refractivity contribution in [1.29, 1.82) is 0 Å². The Hall–Kier alpha value is -6.02. The first-order valence-electron chi connectivity index (χ1n) is 17.4. The molecule has 2 saturated heterocycles. The topological polar surface area (TPSA) is 234 Å². The van der Waals surface area contributed by atoms with Gasteiger partial charge in [0, 0.05) is 57.8 Å². The molecule has 4 aromatic rings. The summed E-state index contributed by atoms with van der Waals surface area (Å²) in [5.74, 6) is -1.42. The van der Waals surface area contributed by atoms with E-state index in [1.165, 1.54) is 12.3 Å². The van der Waals surface area contributed by atoms with Crippen molar-refractivity contribution in [2.24, 2.45) is 11.7 Å². The number of pyridine rings is 1. The van der Waals surface area contributed by atoms with Gasteiger partial charge in [-0.1, -0.05) is 17.7 Å². The van der Waals surface area contributed by atoms with E-state index < -0.39 is 23.7 Å². The van der Waals surface area contributed by atoms with Gasteiger partial charge in [-0.15, -0.1) is 0 Å². The minimum atomic E-state index is -4.84. The van der Waals surface area contributed by atoms with Gasteiger partial charge in [0.05, 0.1) is 39.9 Å². The first-order chi connectivity index (χ1) is 26.8. The van der Waals surface area contributed by atoms with E-state index in [0.29, 0.717) is 43.0 Å². The molecule has 0 bridgehead atoms. The number of aromatic amines is 1. The van der Waals surface area contributed by atoms with Crippen LogP contribution in [0.25, 0.3) is 17.1 Å². The Morgan fingerprint density at radius 1 is 1.02 bits per heavy atom. The summed E-state index contributed by atoms with van der Waals surface area (Å²) in [6.45, 7) is 3.35. The van der Waals surface area contributed by atoms with E-state index in [9.17, 15) is 32.3 Å². The molecule has 3 aromatic heterocycles. The van der Waals surface area contributed by atoms with Crippen LogP contribution in [-0.4, -0.2) is 116 Å². The van der Waals surface area contributed by atoms with Crippen molar-refractivity contribution in [2.45, 2.75) is 32.0 Å². The van der Waals surface area contributed by atoms with Crippen molar-refractivity contribution in [3.8, 4) is 17.1 Å². The van der Waals surface area contributed by atoms with E-state index in [-0.39, 0.29) is 71.6 Å². The molecule has 0 spiro atoms. The second-order valence-electron chi connectivity index (χ2n) is 12.8. The van der Waals surface area contributed by atoms with Crippen LogP contribution in [-0.2, 0) is 27.1 Å². The summed E-state index contributed by atoms with van der Waals surface area (Å²) >= 11 is 6.49. The van der Waals surface area contributed by atoms with Crippen LogP contribution in [0.3, 0.4) is 0 Å². The van der Waals surface area contributed by atoms with Crippen molar-refractivity contribution in [3.05, 3.63) is 76.6 Å². The second kappa shape index (κ2) is 18.5. The first-order valence-corrected chi connectivity index (χ1v) is 17.8. The van der Waals surface area contributed by atoms with Crippen molar-refractivity contribution in [1.82, 2.24) is 45.2 Å². The molecule has 56 heavy (non-hydrogen) atoms. The van der Waals surface area contributed by atoms with E-state index in [1.807, 2.05) is 4.90 Å². The lowest BCUT2D eigenvalue weighted by molar-refractivity contribution is -0.141. The minimum absolute atomic E-state index is 0.00862. The highest BCUT2D eigenvalue weighted by molar-refractivity contribution is 6.33. The third-order valence-electron chi connectivity index (χ3n) is 9.03. The van der Waals surface area contributed by atoms with E-state index in [1.54, 1.807) is 29.2 Å². The van der Waals surface area contributed by atoms with Crippen LogP contribution >= 0.6 is 11.6 Å². The van der Waals surface area contributed by atoms with Gasteiger partial charge in [-0.3, -0.25) is 24.0 Å². The normalized spacial score (nSPS) is 14.7. The van der Waals surface area contributed by atoms with Crippen LogP contribution in [0.15, 0.2) is 48.9 Å². The number of halogens is 4. The number of carbonyl (C=O) groups is 5. The predicted octanol–water partition coefficient (Wildman–Crippen LogP) is 2.53. The van der Waals surface area contributed by atoms with Crippen LogP contribution in [0.1, 0.15) is 51.5 Å². The van der Waals surface area contributed by atoms with Gasteiger partial charge >= 0.3 is 6.18 Å². The molecule has 2 fully saturated rings. The molecule has 0 unspecified atom stereocenters. The third-order valence-corrected chi connectivity index (χ3v) is 9.34. The molecule has 17 nitrogen and oxygen atoms in total. The van der Waals surface area contributed by atoms with Crippen LogP contribution in [0.5, 0.6) is 0 Å². The van der Waals surface area contributed by atoms with Crippen molar-refractivity contribution in [2.75, 3.05) is 51.1 Å². The molecular formula is C35H39ClF3N11O6. The molecule has 1 aromatic carbocycles. The number of carboxylic acid groups (broad SMARTS) is 1. The molecule has 5 heterocycles. The number of benzene rings is 1. The van der Waals surface area contributed by atoms with Crippen LogP contribution in [0, 0.1) is 5.92 Å². The smallest absolute Gasteiger partial charge is 0.435 e. The lowest BCUT2D eigenvalue weighted by Gasteiger charge is -2.37. The zero-order chi connectivity index (χ0) is 40.4. The maximum atomic E-state index is 14.0. The molecule has 2 aliphatic rings. The average Bonchev–Trinajstić information content (AvgIpc) is 3.87. The molecule has 0 atom stereocenters. The Bertz CT molecular complexity index is 2030. The number of hydrogen-bond donors (Lipinski definition) is 6. The SMILES string of the molecule is NC(=O)CCNc1ccc(-n2cc(-c3cnc(C(=O)NCc4ccc(C(=O)N5CCN(C(=O)C6CCNCC6)CC5)c(Cl)c4)[nH]3)c(C(F)(F)F)n2)nc1.O=CO. The number of nitrogens with zero attached hydrogens (tertiary/aromatic N) is 6. The van der Waals surface area contributed by atoms with Crippen molar-refractivity contribution >= 4 is 47.4 Å². The van der Waals surface area contributed by atoms with Crippen LogP contribution in [0.2, 0.25) is 5.02 Å². The summed E-state index contributed by atoms with van der Waals surface area (Å²) in [4.78, 5) is 72.6. The lowest BCUT2D eigenvalue weighted by Crippen LogP contribution is -2.52. The van der Waals surface area contributed by atoms with Gasteiger partial charge in [0.1, 0.15) is 0 Å². The van der Waals surface area contributed by atoms with Crippen LogP contribution < -0.4 is 21.7 Å². The molecule has 6 rings (SSSR count). The molecule has 0 saturated carbocycles. The number of rotatable bonds is 11. The monoisotopic (exact) mass is 801 g/mol. The first kappa shape index (κ1) is 41.1. The van der Waals surface area contributed by atoms with E-state index >= 15 is 0 Å². The Balaban J connectivity index is 0.00000194. The fourth-order valence-corrected chi connectivity index (χ4v) is 6.45. The highest BCUT2D eigenvalue weighted by Gasteiger charge is 2.38. The van der Waals surface area contributed by atoms with E-state index in [4.69, 9.17) is 27.2 Å². The Morgan fingerprint density at radius 2 is 1.71 bits per heavy atom. The average molecular weight is 802 g/mol. The van der Waals surface area contributed by atoms with Crippen LogP contribution in [0.4, 0.5) is 18.9 Å². The number of alkyl halides is 3. The van der Waals surface area contributed by atoms with E-state index in [0.717, 1.165) is 43.0 Å². The quantitative estimate of drug-likeness (QED) is 0.121. The number of imidazole rings is 1. The zero-order valence-electron chi connectivity index (χ0n) is 29.8. The van der Waals surface area contributed by atoms with Gasteiger partial charge in [0.15, 0.2) is 17.3 Å². The lowest BCUT2D eigenvalue weighted by atomic mass is 9.96. The largest absolute Gasteiger partial charge is 0.483 e. The van der Waals surface area contributed by atoms with Crippen molar-refractivity contribution in [3.63, 3.8) is 0 Å². The molecule has 7 N–H and O–H groups in total. The number of carbonyl (C=O) groups excluding carboxylic acids is 4. The summed E-state index contributed by atoms with van der Waals surface area (Å²) in [6, 6.07) is 7.79. The number of primary amides is 1. The minimum Gasteiger partial charge on any atom is -0.483 e. The Labute approximate surface area is 322 Å². The van der Waals surface area contributed by atoms with Gasteiger partial charge < -0.3 is 41.6 Å². The highest BCUT2D eigenvalue weighted by atomic mass is 35.5. The van der Waals surface area contributed by atoms with Gasteiger partial charge in [0.2, 0.25) is 11.8 Å². The number of amides is 4. The molecule has 2 aliphatic heterocycles. The highest BCUT2D eigenvalue weighted by Crippen LogP contribution is 2.36. The number of aromatic nitrogens is 5. The molecule has 298 valence electrons. The fourth-order valence-electron chi connectivity index (χ4n) is 6.16. The Morgan fingerprint density at radius 3 is 2.34 bits per heavy atom. The summed E-state index contributed by atoms with van der Waals surface area (Å²) in [7, 11) is 0. The predicted molar refractivity (Wildman–Crippen MR) is 196 cm³/mol. The number of H-pyrrole nitrogens is 1. The molecule has 21 heteroatoms. The summed E-state index contributed by atoms with van der Waals surface area (Å²) < 4.78 is 43.0. The standard InChI is InChI=1S/C34H37ClF3N11O4.CH2O2/c35-25-15-20(1-3-23(25)33(53)48-13-11-47(12-14-48)32(52)21-5-8-40-9-6-21)16-44-31(51)30-43-18-26(45-30)24-19-49(46-29(24)34(36,37)38)28-4-2-22(17-42-28)41-10-7-27(39)50;2-1-3/h1-4,15,17-19,21,40-41H,5-14,16H2,(H2,39,50)(H,43,45)(H,44,51);1H,(H,2,3). The van der Waals surface area contributed by atoms with Crippen molar-refractivity contribution < 1.29 is 42.3 Å². The number of nitrogens with one attached hydrogen (secondary N) is 4. The maximum absolute atomic E-state index is 14.0. The molecule has 0 radical (unpaired) electrons.